The van der Waals surface area contributed by atoms with Crippen molar-refractivity contribution in [2.75, 3.05) is 0 Å². The van der Waals surface area contributed by atoms with Crippen molar-refractivity contribution in [3.05, 3.63) is 63.6 Å². The maximum Gasteiger partial charge on any atom is 0.261 e. The van der Waals surface area contributed by atoms with Crippen LogP contribution in [-0.4, -0.2) is 12.0 Å². The number of nitrogens with zero attached hydrogens (tertiary/aromatic N) is 1. The van der Waals surface area contributed by atoms with E-state index in [0.29, 0.717) is 21.4 Å². The maximum absolute atomic E-state index is 12.1. The summed E-state index contributed by atoms with van der Waals surface area (Å²) >= 11 is 11.9. The molecule has 6 heteroatoms. The lowest BCUT2D eigenvalue weighted by Gasteiger charge is -2.15. The topological polar surface area (TPSA) is 62.1 Å². The third kappa shape index (κ3) is 4.88. The monoisotopic (exact) mass is 348 g/mol. The highest BCUT2D eigenvalue weighted by molar-refractivity contribution is 6.35. The summed E-state index contributed by atoms with van der Waals surface area (Å²) in [7, 11) is 0. The Kier molecular flexibility index (Phi) is 5.86. The molecule has 4 nitrogen and oxygen atoms in total. The molecule has 0 aromatic heterocycles. The number of nitriles is 1. The first-order valence-corrected chi connectivity index (χ1v) is 7.63. The van der Waals surface area contributed by atoms with Crippen molar-refractivity contribution in [1.29, 1.82) is 5.26 Å². The van der Waals surface area contributed by atoms with E-state index in [2.05, 4.69) is 5.32 Å². The van der Waals surface area contributed by atoms with Crippen molar-refractivity contribution >= 4 is 29.1 Å². The molecule has 1 amide bonds. The van der Waals surface area contributed by atoms with Gasteiger partial charge in [0.25, 0.3) is 5.91 Å². The number of hydrogen-bond donors (Lipinski definition) is 1. The van der Waals surface area contributed by atoms with Crippen molar-refractivity contribution in [2.24, 2.45) is 0 Å². The van der Waals surface area contributed by atoms with Crippen LogP contribution >= 0.6 is 23.2 Å². The molecule has 1 unspecified atom stereocenters. The van der Waals surface area contributed by atoms with Gasteiger partial charge in [0.05, 0.1) is 11.6 Å². The van der Waals surface area contributed by atoms with Crippen molar-refractivity contribution in [1.82, 2.24) is 5.32 Å². The summed E-state index contributed by atoms with van der Waals surface area (Å²) in [6.45, 7) is 1.94. The summed E-state index contributed by atoms with van der Waals surface area (Å²) in [4.78, 5) is 12.1. The van der Waals surface area contributed by atoms with E-state index in [0.717, 1.165) is 5.56 Å². The molecular formula is C17H14Cl2N2O2. The van der Waals surface area contributed by atoms with Crippen LogP contribution in [0.4, 0.5) is 0 Å². The fourth-order valence-corrected chi connectivity index (χ4v) is 2.33. The highest BCUT2D eigenvalue weighted by Crippen LogP contribution is 2.20. The summed E-state index contributed by atoms with van der Waals surface area (Å²) in [5, 5.41) is 12.5. The van der Waals surface area contributed by atoms with Gasteiger partial charge in [-0.25, -0.2) is 0 Å². The molecule has 118 valence electrons. The summed E-state index contributed by atoms with van der Waals surface area (Å²) in [6, 6.07) is 13.7. The maximum atomic E-state index is 12.1. The number of ether oxygens (including phenoxy) is 1. The second-order valence-electron chi connectivity index (χ2n) is 4.85. The van der Waals surface area contributed by atoms with Gasteiger partial charge in [-0.3, -0.25) is 4.79 Å². The van der Waals surface area contributed by atoms with Gasteiger partial charge >= 0.3 is 0 Å². The first-order chi connectivity index (χ1) is 11.0. The van der Waals surface area contributed by atoms with E-state index in [-0.39, 0.29) is 12.5 Å². The third-order valence-electron chi connectivity index (χ3n) is 3.13. The number of rotatable bonds is 5. The number of amides is 1. The molecule has 2 aromatic carbocycles. The Balaban J connectivity index is 1.90. The lowest BCUT2D eigenvalue weighted by Crippen LogP contribution is -2.35. The Bertz CT molecular complexity index is 739. The quantitative estimate of drug-likeness (QED) is 0.889. The van der Waals surface area contributed by atoms with Crippen molar-refractivity contribution in [3.8, 4) is 11.8 Å². The van der Waals surface area contributed by atoms with Crippen LogP contribution in [0.15, 0.2) is 42.5 Å². The number of benzene rings is 2. The van der Waals surface area contributed by atoms with Crippen molar-refractivity contribution in [2.45, 2.75) is 19.6 Å². The van der Waals surface area contributed by atoms with E-state index in [9.17, 15) is 4.79 Å². The zero-order chi connectivity index (χ0) is 16.8. The number of carbonyl (C=O) groups is 1. The standard InChI is InChI=1S/C17H14Cl2N2O2/c1-11(23-15-6-2-12(9-20)3-7-15)17(22)21-10-13-4-5-14(18)8-16(13)19/h2-8,11H,10H2,1H3,(H,21,22). The first kappa shape index (κ1) is 17.1. The summed E-state index contributed by atoms with van der Waals surface area (Å²) in [5.74, 6) is 0.261. The minimum absolute atomic E-state index is 0.264. The largest absolute Gasteiger partial charge is 0.481 e. The fourth-order valence-electron chi connectivity index (χ4n) is 1.86. The van der Waals surface area contributed by atoms with Crippen molar-refractivity contribution in [3.63, 3.8) is 0 Å². The lowest BCUT2D eigenvalue weighted by atomic mass is 10.2. The predicted molar refractivity (Wildman–Crippen MR) is 89.6 cm³/mol. The SMILES string of the molecule is CC(Oc1ccc(C#N)cc1)C(=O)NCc1ccc(Cl)cc1Cl. The van der Waals surface area contributed by atoms with E-state index in [1.54, 1.807) is 49.4 Å². The van der Waals surface area contributed by atoms with Gasteiger partial charge in [0.2, 0.25) is 0 Å². The molecule has 23 heavy (non-hydrogen) atoms. The minimum atomic E-state index is -0.672. The van der Waals surface area contributed by atoms with Crippen LogP contribution < -0.4 is 10.1 Å². The van der Waals surface area contributed by atoms with Crippen LogP contribution in [0.1, 0.15) is 18.1 Å². The average molecular weight is 349 g/mol. The van der Waals surface area contributed by atoms with Gasteiger partial charge < -0.3 is 10.1 Å². The molecule has 1 atom stereocenters. The fraction of sp³-hybridized carbons (Fsp3) is 0.176. The zero-order valence-corrected chi connectivity index (χ0v) is 13.9. The molecule has 0 heterocycles. The van der Waals surface area contributed by atoms with Crippen LogP contribution in [0, 0.1) is 11.3 Å². The Morgan fingerprint density at radius 3 is 2.57 bits per heavy atom. The summed E-state index contributed by atoms with van der Waals surface area (Å²) in [5.41, 5.74) is 1.31. The van der Waals surface area contributed by atoms with Crippen LogP contribution in [0.3, 0.4) is 0 Å². The molecule has 2 aromatic rings. The Labute approximate surface area is 144 Å². The highest BCUT2D eigenvalue weighted by Gasteiger charge is 2.15. The Morgan fingerprint density at radius 2 is 1.96 bits per heavy atom. The van der Waals surface area contributed by atoms with E-state index < -0.39 is 6.10 Å². The molecule has 0 aliphatic rings. The lowest BCUT2D eigenvalue weighted by molar-refractivity contribution is -0.127. The average Bonchev–Trinajstić information content (AvgIpc) is 2.54. The molecule has 0 saturated carbocycles. The normalized spacial score (nSPS) is 11.4. The molecule has 0 bridgehead atoms. The smallest absolute Gasteiger partial charge is 0.261 e. The van der Waals surface area contributed by atoms with Gasteiger partial charge in [-0.05, 0) is 48.9 Å². The molecule has 0 saturated heterocycles. The molecule has 0 fully saturated rings. The van der Waals surface area contributed by atoms with Crippen LogP contribution in [-0.2, 0) is 11.3 Å². The molecule has 2 rings (SSSR count). The van der Waals surface area contributed by atoms with Gasteiger partial charge in [0, 0.05) is 16.6 Å². The van der Waals surface area contributed by atoms with Gasteiger partial charge in [-0.2, -0.15) is 5.26 Å². The van der Waals surface area contributed by atoms with Gasteiger partial charge in [-0.15, -0.1) is 0 Å². The number of hydrogen-bond acceptors (Lipinski definition) is 3. The molecular weight excluding hydrogens is 335 g/mol. The third-order valence-corrected chi connectivity index (χ3v) is 3.72. The molecule has 0 spiro atoms. The van der Waals surface area contributed by atoms with E-state index in [1.165, 1.54) is 0 Å². The van der Waals surface area contributed by atoms with E-state index in [4.69, 9.17) is 33.2 Å². The summed E-state index contributed by atoms with van der Waals surface area (Å²) in [6.07, 6.45) is -0.672. The Hall–Kier alpha value is -2.22. The molecule has 0 aliphatic heterocycles. The zero-order valence-electron chi connectivity index (χ0n) is 12.3. The van der Waals surface area contributed by atoms with Gasteiger partial charge in [-0.1, -0.05) is 29.3 Å². The molecule has 1 N–H and O–H groups in total. The highest BCUT2D eigenvalue weighted by atomic mass is 35.5. The van der Waals surface area contributed by atoms with Crippen LogP contribution in [0.25, 0.3) is 0 Å². The number of halogens is 2. The minimum Gasteiger partial charge on any atom is -0.481 e. The van der Waals surface area contributed by atoms with Gasteiger partial charge in [0.1, 0.15) is 5.75 Å². The second kappa shape index (κ2) is 7.87. The molecule has 0 aliphatic carbocycles. The number of carbonyl (C=O) groups excluding carboxylic acids is 1. The second-order valence-corrected chi connectivity index (χ2v) is 5.69. The van der Waals surface area contributed by atoms with Crippen LogP contribution in [0.5, 0.6) is 5.75 Å². The van der Waals surface area contributed by atoms with E-state index >= 15 is 0 Å². The van der Waals surface area contributed by atoms with Crippen molar-refractivity contribution < 1.29 is 9.53 Å². The van der Waals surface area contributed by atoms with Gasteiger partial charge in [0.15, 0.2) is 6.10 Å². The summed E-state index contributed by atoms with van der Waals surface area (Å²) < 4.78 is 5.54. The van der Waals surface area contributed by atoms with E-state index in [1.807, 2.05) is 6.07 Å². The predicted octanol–water partition coefficient (Wildman–Crippen LogP) is 3.95. The van der Waals surface area contributed by atoms with Crippen LogP contribution in [0.2, 0.25) is 10.0 Å². The first-order valence-electron chi connectivity index (χ1n) is 6.88. The Morgan fingerprint density at radius 1 is 1.26 bits per heavy atom. The molecule has 0 radical (unpaired) electrons. The number of nitrogens with one attached hydrogen (secondary N) is 1.